The minimum absolute atomic E-state index is 0.0200. The van der Waals surface area contributed by atoms with Crippen molar-refractivity contribution in [1.29, 1.82) is 0 Å². The van der Waals surface area contributed by atoms with Gasteiger partial charge in [-0.1, -0.05) is 107 Å². The first-order valence-electron chi connectivity index (χ1n) is 14.9. The molecule has 0 saturated heterocycles. The quantitative estimate of drug-likeness (QED) is 0.150. The molecule has 248 valence electrons. The number of nitrogens with zero attached hydrogens (tertiary/aromatic N) is 2. The lowest BCUT2D eigenvalue weighted by Gasteiger charge is -2.34. The summed E-state index contributed by atoms with van der Waals surface area (Å²) in [4.78, 5) is 29.9. The van der Waals surface area contributed by atoms with Crippen LogP contribution >= 0.6 is 46.4 Å². The van der Waals surface area contributed by atoms with Gasteiger partial charge in [0.25, 0.3) is 10.0 Å². The molecule has 7 nitrogen and oxygen atoms in total. The second kappa shape index (κ2) is 16.2. The normalized spacial score (nSPS) is 12.7. The Kier molecular flexibility index (Phi) is 12.6. The second-order valence-corrected chi connectivity index (χ2v) is 14.7. The van der Waals surface area contributed by atoms with Crippen molar-refractivity contribution in [3.63, 3.8) is 0 Å². The molecule has 12 heteroatoms. The van der Waals surface area contributed by atoms with Crippen LogP contribution < -0.4 is 9.62 Å². The second-order valence-electron chi connectivity index (χ2n) is 11.2. The number of amides is 2. The highest BCUT2D eigenvalue weighted by atomic mass is 35.5. The van der Waals surface area contributed by atoms with E-state index in [1.165, 1.54) is 35.2 Å². The van der Waals surface area contributed by atoms with Gasteiger partial charge in [-0.15, -0.1) is 0 Å². The Morgan fingerprint density at radius 2 is 1.40 bits per heavy atom. The fourth-order valence-electron chi connectivity index (χ4n) is 4.84. The molecule has 0 aliphatic rings. The lowest BCUT2D eigenvalue weighted by molar-refractivity contribution is -0.140. The Balaban J connectivity index is 1.84. The van der Waals surface area contributed by atoms with Gasteiger partial charge in [-0.3, -0.25) is 13.9 Å². The molecule has 0 spiro atoms. The van der Waals surface area contributed by atoms with Crippen molar-refractivity contribution in [2.45, 2.75) is 57.1 Å². The Morgan fingerprint density at radius 1 is 0.787 bits per heavy atom. The molecule has 0 aliphatic carbocycles. The van der Waals surface area contributed by atoms with Crippen LogP contribution in [-0.4, -0.2) is 43.8 Å². The number of halogens is 4. The standard InChI is InChI=1S/C35H35Cl4N3O4S/c1-4-24(3)40-35(44)33(19-25-8-6-5-7-9-25)41(21-26-12-16-29(36)31(38)18-26)34(43)22-42(27-13-17-30(37)32(39)20-27)47(45,46)28-14-10-23(2)11-15-28/h5-18,20,24,33H,4,19,21-22H2,1-3H3,(H,40,44)/t24-,33+/m0/s1. The first-order chi connectivity index (χ1) is 22.3. The minimum atomic E-state index is -4.30. The third-order valence-corrected chi connectivity index (χ3v) is 11.0. The van der Waals surface area contributed by atoms with Gasteiger partial charge in [-0.2, -0.15) is 0 Å². The summed E-state index contributed by atoms with van der Waals surface area (Å²) in [6.07, 6.45) is 0.845. The Labute approximate surface area is 296 Å². The van der Waals surface area contributed by atoms with Crippen LogP contribution in [0, 0.1) is 6.92 Å². The minimum Gasteiger partial charge on any atom is -0.352 e. The lowest BCUT2D eigenvalue weighted by atomic mass is 10.0. The number of sulfonamides is 1. The van der Waals surface area contributed by atoms with Crippen LogP contribution in [0.15, 0.2) is 95.9 Å². The molecule has 0 saturated carbocycles. The van der Waals surface area contributed by atoms with Crippen LogP contribution in [0.1, 0.15) is 37.0 Å². The fraction of sp³-hybridized carbons (Fsp3) is 0.257. The van der Waals surface area contributed by atoms with E-state index in [0.717, 1.165) is 15.4 Å². The maximum atomic E-state index is 14.6. The monoisotopic (exact) mass is 733 g/mol. The first kappa shape index (κ1) is 36.6. The van der Waals surface area contributed by atoms with E-state index in [1.54, 1.807) is 30.3 Å². The van der Waals surface area contributed by atoms with E-state index < -0.39 is 28.5 Å². The summed E-state index contributed by atoms with van der Waals surface area (Å²) in [5, 5.41) is 3.95. The Bertz CT molecular complexity index is 1820. The van der Waals surface area contributed by atoms with E-state index in [4.69, 9.17) is 46.4 Å². The summed E-state index contributed by atoms with van der Waals surface area (Å²) >= 11 is 25.0. The van der Waals surface area contributed by atoms with Gasteiger partial charge in [0.15, 0.2) is 0 Å². The van der Waals surface area contributed by atoms with Gasteiger partial charge in [0.1, 0.15) is 12.6 Å². The van der Waals surface area contributed by atoms with E-state index in [1.807, 2.05) is 51.1 Å². The third-order valence-electron chi connectivity index (χ3n) is 7.69. The molecule has 2 amide bonds. The number of aryl methyl sites for hydroxylation is 1. The highest BCUT2D eigenvalue weighted by Crippen LogP contribution is 2.31. The van der Waals surface area contributed by atoms with Gasteiger partial charge < -0.3 is 10.2 Å². The van der Waals surface area contributed by atoms with Gasteiger partial charge >= 0.3 is 0 Å². The summed E-state index contributed by atoms with van der Waals surface area (Å²) in [6.45, 7) is 4.97. The summed E-state index contributed by atoms with van der Waals surface area (Å²) in [7, 11) is -4.30. The van der Waals surface area contributed by atoms with E-state index in [-0.39, 0.29) is 50.6 Å². The SMILES string of the molecule is CC[C@H](C)NC(=O)[C@@H](Cc1ccccc1)N(Cc1ccc(Cl)c(Cl)c1)C(=O)CN(c1ccc(Cl)c(Cl)c1)S(=O)(=O)c1ccc(C)cc1. The van der Waals surface area contributed by atoms with E-state index >= 15 is 0 Å². The molecule has 0 radical (unpaired) electrons. The average molecular weight is 736 g/mol. The molecule has 1 N–H and O–H groups in total. The number of hydrogen-bond donors (Lipinski definition) is 1. The van der Waals surface area contributed by atoms with Crippen molar-refractivity contribution in [3.05, 3.63) is 128 Å². The maximum Gasteiger partial charge on any atom is 0.264 e. The molecule has 0 bridgehead atoms. The molecule has 47 heavy (non-hydrogen) atoms. The van der Waals surface area contributed by atoms with E-state index in [9.17, 15) is 18.0 Å². The molecule has 0 aromatic heterocycles. The smallest absolute Gasteiger partial charge is 0.264 e. The highest BCUT2D eigenvalue weighted by Gasteiger charge is 2.35. The molecule has 0 fully saturated rings. The molecule has 0 aliphatic heterocycles. The van der Waals surface area contributed by atoms with Gasteiger partial charge in [-0.05, 0) is 73.9 Å². The molecule has 4 aromatic rings. The largest absolute Gasteiger partial charge is 0.352 e. The zero-order valence-corrected chi connectivity index (χ0v) is 29.9. The number of carbonyl (C=O) groups excluding carboxylic acids is 2. The van der Waals surface area contributed by atoms with Crippen LogP contribution in [0.25, 0.3) is 0 Å². The molecular weight excluding hydrogens is 700 g/mol. The van der Waals surface area contributed by atoms with Crippen molar-refractivity contribution in [2.24, 2.45) is 0 Å². The molecule has 2 atom stereocenters. The van der Waals surface area contributed by atoms with Crippen LogP contribution in [0.4, 0.5) is 5.69 Å². The van der Waals surface area contributed by atoms with Crippen molar-refractivity contribution in [1.82, 2.24) is 10.2 Å². The maximum absolute atomic E-state index is 14.6. The van der Waals surface area contributed by atoms with Gasteiger partial charge in [0, 0.05) is 19.0 Å². The topological polar surface area (TPSA) is 86.8 Å². The first-order valence-corrected chi connectivity index (χ1v) is 17.9. The lowest BCUT2D eigenvalue weighted by Crippen LogP contribution is -2.54. The van der Waals surface area contributed by atoms with Gasteiger partial charge in [0.2, 0.25) is 11.8 Å². The average Bonchev–Trinajstić information content (AvgIpc) is 3.05. The predicted octanol–water partition coefficient (Wildman–Crippen LogP) is 8.36. The zero-order valence-electron chi connectivity index (χ0n) is 26.1. The zero-order chi connectivity index (χ0) is 34.3. The van der Waals surface area contributed by atoms with Crippen LogP contribution in [-0.2, 0) is 32.6 Å². The Morgan fingerprint density at radius 3 is 2.00 bits per heavy atom. The molecule has 4 rings (SSSR count). The van der Waals surface area contributed by atoms with Gasteiger partial charge in [0.05, 0.1) is 30.7 Å². The number of anilines is 1. The van der Waals surface area contributed by atoms with Crippen molar-refractivity contribution >= 4 is 73.9 Å². The van der Waals surface area contributed by atoms with Crippen molar-refractivity contribution < 1.29 is 18.0 Å². The van der Waals surface area contributed by atoms with Crippen LogP contribution in [0.2, 0.25) is 20.1 Å². The third kappa shape index (κ3) is 9.42. The summed E-state index contributed by atoms with van der Waals surface area (Å²) < 4.78 is 29.4. The molecule has 4 aromatic carbocycles. The molecule has 0 heterocycles. The predicted molar refractivity (Wildman–Crippen MR) is 191 cm³/mol. The van der Waals surface area contributed by atoms with Crippen LogP contribution in [0.3, 0.4) is 0 Å². The number of nitrogens with one attached hydrogen (secondary N) is 1. The number of carbonyl (C=O) groups is 2. The highest BCUT2D eigenvalue weighted by molar-refractivity contribution is 7.92. The van der Waals surface area contributed by atoms with Crippen molar-refractivity contribution in [2.75, 3.05) is 10.8 Å². The van der Waals surface area contributed by atoms with Crippen molar-refractivity contribution in [3.8, 4) is 0 Å². The van der Waals surface area contributed by atoms with Gasteiger partial charge in [-0.25, -0.2) is 8.42 Å². The molecule has 0 unspecified atom stereocenters. The molecular formula is C35H35Cl4N3O4S. The van der Waals surface area contributed by atoms with Crippen LogP contribution in [0.5, 0.6) is 0 Å². The fourth-order valence-corrected chi connectivity index (χ4v) is 6.86. The van der Waals surface area contributed by atoms with E-state index in [2.05, 4.69) is 5.32 Å². The number of benzene rings is 4. The number of hydrogen-bond acceptors (Lipinski definition) is 4. The summed E-state index contributed by atoms with van der Waals surface area (Å²) in [5.41, 5.74) is 2.42. The van der Waals surface area contributed by atoms with E-state index in [0.29, 0.717) is 17.0 Å². The summed E-state index contributed by atoms with van der Waals surface area (Å²) in [5.74, 6) is -1.00. The number of rotatable bonds is 13. The summed E-state index contributed by atoms with van der Waals surface area (Å²) in [6, 6.07) is 23.7. The Hall–Kier alpha value is -3.27.